The fourth-order valence-electron chi connectivity index (χ4n) is 1.01. The number of rotatable bonds is 1. The molecule has 0 aliphatic carbocycles. The predicted molar refractivity (Wildman–Crippen MR) is 47.9 cm³/mol. The van der Waals surface area contributed by atoms with Gasteiger partial charge < -0.3 is 9.97 Å². The summed E-state index contributed by atoms with van der Waals surface area (Å²) in [6.45, 7) is 0. The Bertz CT molecular complexity index is 405. The molecule has 2 nitrogen and oxygen atoms in total. The minimum absolute atomic E-state index is 0. The largest absolute Gasteiger partial charge is 0.337 e. The van der Waals surface area contributed by atoms with Crippen molar-refractivity contribution < 1.29 is 32.7 Å². The fourth-order valence-corrected chi connectivity index (χ4v) is 1.13. The van der Waals surface area contributed by atoms with Crippen LogP contribution in [0.5, 0.6) is 0 Å². The number of hydrogen-bond acceptors (Lipinski definition) is 2. The van der Waals surface area contributed by atoms with Crippen LogP contribution in [0.25, 0.3) is 10.9 Å². The number of hydrogen-bond donors (Lipinski definition) is 0. The zero-order valence-electron chi connectivity index (χ0n) is 6.87. The van der Waals surface area contributed by atoms with Gasteiger partial charge in [0, 0.05) is 38.6 Å². The standard InChI is InChI=1S/C9H6ClN2.Y/c10-5-9-11-6-7-3-1-2-4-8(7)12-9;/h1-4H,5H2;/q-1;. The molecule has 1 aromatic heterocycles. The van der Waals surface area contributed by atoms with Crippen molar-refractivity contribution >= 4 is 22.5 Å². The average molecular weight is 267 g/mol. The molecule has 2 aromatic rings. The summed E-state index contributed by atoms with van der Waals surface area (Å²) in [4.78, 5) is 8.18. The Balaban J connectivity index is 0.000000845. The summed E-state index contributed by atoms with van der Waals surface area (Å²) in [5.74, 6) is 0.955. The van der Waals surface area contributed by atoms with E-state index in [0.29, 0.717) is 11.7 Å². The first-order valence-corrected chi connectivity index (χ1v) is 4.13. The second kappa shape index (κ2) is 4.99. The average Bonchev–Trinajstić information content (AvgIpc) is 2.17. The van der Waals surface area contributed by atoms with Crippen LogP contribution in [0.3, 0.4) is 0 Å². The molecule has 1 radical (unpaired) electrons. The predicted octanol–water partition coefficient (Wildman–Crippen LogP) is 2.17. The van der Waals surface area contributed by atoms with Crippen molar-refractivity contribution in [2.24, 2.45) is 0 Å². The number of alkyl halides is 1. The SMILES string of the molecule is ClCc1n[c-]c2ccccc2n1.[Y]. The maximum Gasteiger partial charge on any atom is 0.0585 e. The third-order valence-electron chi connectivity index (χ3n) is 1.58. The Morgan fingerprint density at radius 3 is 2.85 bits per heavy atom. The van der Waals surface area contributed by atoms with Crippen LogP contribution in [0.4, 0.5) is 0 Å². The van der Waals surface area contributed by atoms with Crippen molar-refractivity contribution in [1.29, 1.82) is 0 Å². The van der Waals surface area contributed by atoms with Gasteiger partial charge in [0.25, 0.3) is 0 Å². The number of para-hydroxylation sites is 1. The van der Waals surface area contributed by atoms with Crippen LogP contribution in [-0.2, 0) is 38.6 Å². The van der Waals surface area contributed by atoms with Crippen molar-refractivity contribution in [1.82, 2.24) is 9.97 Å². The van der Waals surface area contributed by atoms with E-state index in [2.05, 4.69) is 16.2 Å². The van der Waals surface area contributed by atoms with E-state index in [1.165, 1.54) is 0 Å². The molecular formula is C9H6ClN2Y-. The Hall–Kier alpha value is -0.0461. The molecule has 0 saturated heterocycles. The van der Waals surface area contributed by atoms with E-state index in [9.17, 15) is 0 Å². The van der Waals surface area contributed by atoms with E-state index in [0.717, 1.165) is 10.9 Å². The van der Waals surface area contributed by atoms with Crippen molar-refractivity contribution in [2.45, 2.75) is 5.88 Å². The summed E-state index contributed by atoms with van der Waals surface area (Å²) in [7, 11) is 0. The molecule has 0 unspecified atom stereocenters. The van der Waals surface area contributed by atoms with Gasteiger partial charge in [0.15, 0.2) is 0 Å². The van der Waals surface area contributed by atoms with Crippen LogP contribution in [-0.4, -0.2) is 9.97 Å². The molecule has 0 bridgehead atoms. The van der Waals surface area contributed by atoms with Crippen LogP contribution in [0, 0.1) is 6.20 Å². The first-order chi connectivity index (χ1) is 5.90. The topological polar surface area (TPSA) is 25.8 Å². The van der Waals surface area contributed by atoms with E-state index in [-0.39, 0.29) is 32.7 Å². The summed E-state index contributed by atoms with van der Waals surface area (Å²) in [5, 5.41) is 0.923. The van der Waals surface area contributed by atoms with Gasteiger partial charge >= 0.3 is 0 Å². The van der Waals surface area contributed by atoms with Crippen molar-refractivity contribution in [2.75, 3.05) is 0 Å². The van der Waals surface area contributed by atoms with Crippen LogP contribution in [0.1, 0.15) is 5.82 Å². The minimum atomic E-state index is 0. The second-order valence-corrected chi connectivity index (χ2v) is 2.67. The smallest absolute Gasteiger partial charge is 0.0585 e. The zero-order chi connectivity index (χ0) is 8.39. The molecular weight excluding hydrogens is 260 g/mol. The van der Waals surface area contributed by atoms with Gasteiger partial charge in [-0.3, -0.25) is 0 Å². The molecule has 63 valence electrons. The second-order valence-electron chi connectivity index (χ2n) is 2.40. The molecule has 0 atom stereocenters. The van der Waals surface area contributed by atoms with E-state index in [1.54, 1.807) is 0 Å². The third kappa shape index (κ3) is 2.46. The molecule has 0 aliphatic rings. The first kappa shape index (κ1) is 11.0. The van der Waals surface area contributed by atoms with Crippen molar-refractivity contribution in [3.05, 3.63) is 36.3 Å². The molecule has 0 aliphatic heterocycles. The number of nitrogens with zero attached hydrogens (tertiary/aromatic N) is 2. The summed E-state index contributed by atoms with van der Waals surface area (Å²) in [6, 6.07) is 7.71. The van der Waals surface area contributed by atoms with E-state index in [4.69, 9.17) is 11.6 Å². The normalized spacial score (nSPS) is 9.62. The van der Waals surface area contributed by atoms with E-state index >= 15 is 0 Å². The quantitative estimate of drug-likeness (QED) is 0.584. The Morgan fingerprint density at radius 2 is 2.08 bits per heavy atom. The van der Waals surface area contributed by atoms with Gasteiger partial charge in [0.05, 0.1) is 5.82 Å². The van der Waals surface area contributed by atoms with Gasteiger partial charge in [0.1, 0.15) is 0 Å². The van der Waals surface area contributed by atoms with Gasteiger partial charge in [0.2, 0.25) is 0 Å². The third-order valence-corrected chi connectivity index (χ3v) is 1.82. The Morgan fingerprint density at radius 1 is 1.31 bits per heavy atom. The molecule has 0 saturated carbocycles. The summed E-state index contributed by atoms with van der Waals surface area (Å²) < 4.78 is 0. The van der Waals surface area contributed by atoms with Crippen molar-refractivity contribution in [3.8, 4) is 0 Å². The minimum Gasteiger partial charge on any atom is -0.337 e. The van der Waals surface area contributed by atoms with Crippen LogP contribution < -0.4 is 0 Å². The summed E-state index contributed by atoms with van der Waals surface area (Å²) in [6.07, 6.45) is 2.87. The molecule has 4 heteroatoms. The number of benzene rings is 1. The van der Waals surface area contributed by atoms with Crippen LogP contribution in [0.15, 0.2) is 24.3 Å². The number of halogens is 1. The van der Waals surface area contributed by atoms with Gasteiger partial charge in [-0.1, -0.05) is 12.1 Å². The van der Waals surface area contributed by atoms with Crippen LogP contribution in [0.2, 0.25) is 0 Å². The molecule has 13 heavy (non-hydrogen) atoms. The fraction of sp³-hybridized carbons (Fsp3) is 0.111. The zero-order valence-corrected chi connectivity index (χ0v) is 10.5. The molecule has 2 rings (SSSR count). The van der Waals surface area contributed by atoms with Gasteiger partial charge in [-0.15, -0.1) is 29.1 Å². The van der Waals surface area contributed by atoms with Crippen molar-refractivity contribution in [3.63, 3.8) is 0 Å². The molecule has 0 N–H and O–H groups in total. The number of fused-ring (bicyclic) bond motifs is 1. The summed E-state index contributed by atoms with van der Waals surface area (Å²) >= 11 is 5.58. The van der Waals surface area contributed by atoms with Gasteiger partial charge in [-0.2, -0.15) is 0 Å². The van der Waals surface area contributed by atoms with E-state index < -0.39 is 0 Å². The molecule has 1 aromatic carbocycles. The Labute approximate surface area is 107 Å². The van der Waals surface area contributed by atoms with Gasteiger partial charge in [-0.05, 0) is 11.7 Å². The Kier molecular flexibility index (Phi) is 4.23. The summed E-state index contributed by atoms with van der Waals surface area (Å²) in [5.41, 5.74) is 0.892. The number of aromatic nitrogens is 2. The molecule has 1 heterocycles. The maximum atomic E-state index is 5.58. The van der Waals surface area contributed by atoms with E-state index in [1.807, 2.05) is 24.3 Å². The molecule has 0 amide bonds. The molecule has 0 spiro atoms. The molecule has 0 fully saturated rings. The monoisotopic (exact) mass is 266 g/mol. The van der Waals surface area contributed by atoms with Gasteiger partial charge in [-0.25, -0.2) is 0 Å². The first-order valence-electron chi connectivity index (χ1n) is 3.59. The van der Waals surface area contributed by atoms with Crippen LogP contribution >= 0.6 is 11.6 Å². The maximum absolute atomic E-state index is 5.58.